The van der Waals surface area contributed by atoms with E-state index in [1.807, 2.05) is 77.8 Å². The van der Waals surface area contributed by atoms with E-state index in [1.54, 1.807) is 6.08 Å². The molecule has 2 aromatic carbocycles. The molecule has 0 unspecified atom stereocenters. The van der Waals surface area contributed by atoms with Crippen LogP contribution in [0.25, 0.3) is 11.0 Å². The number of carbonyl (C=O) groups is 3. The molecule has 0 radical (unpaired) electrons. The summed E-state index contributed by atoms with van der Waals surface area (Å²) >= 11 is 0. The van der Waals surface area contributed by atoms with Gasteiger partial charge in [0.1, 0.15) is 29.1 Å². The number of hydrogen-bond acceptors (Lipinski definition) is 13. The number of carboxylic acid groups (broad SMARTS) is 1. The third-order valence-electron chi connectivity index (χ3n) is 10.6. The zero-order valence-corrected chi connectivity index (χ0v) is 35.8. The second kappa shape index (κ2) is 26.1. The second-order valence-electron chi connectivity index (χ2n) is 15.0. The van der Waals surface area contributed by atoms with E-state index in [4.69, 9.17) is 33.5 Å². The Balaban J connectivity index is 0.787. The van der Waals surface area contributed by atoms with E-state index in [-0.39, 0.29) is 24.4 Å². The van der Waals surface area contributed by atoms with Gasteiger partial charge in [0.05, 0.1) is 58.4 Å². The SMILES string of the molecule is O=C(O)NCCOCCOCCOCCOCCC(=O)NCCN1CCN(CC=CC(=O)N2CCC(n3ccc4ncnc(Oc5ccc(Oc6ccccc6)cc5)c43)CC2)CC1. The van der Waals surface area contributed by atoms with Gasteiger partial charge in [-0.2, -0.15) is 4.98 Å². The summed E-state index contributed by atoms with van der Waals surface area (Å²) in [5, 5.41) is 13.7. The van der Waals surface area contributed by atoms with Crippen molar-refractivity contribution in [3.8, 4) is 23.1 Å². The van der Waals surface area contributed by atoms with Crippen LogP contribution in [0.4, 0.5) is 4.79 Å². The Morgan fingerprint density at radius 1 is 0.683 bits per heavy atom. The standard InChI is InChI=1S/C45H60N8O10/c54-41(15-27-58-29-31-60-33-34-61-32-30-59-28-17-47-45(56)57)46-16-22-51-25-23-50(24-26-51)18-4-7-42(55)52-19-12-36(13-20-52)53-21-14-40-43(53)44(49-35-48-40)63-39-10-8-38(9-11-39)62-37-5-2-1-3-6-37/h1-11,14,21,35-36,47H,12-13,15-20,22-34H2,(H,46,54)(H,56,57). The van der Waals surface area contributed by atoms with Gasteiger partial charge in [0.15, 0.2) is 0 Å². The number of ether oxygens (including phenoxy) is 6. The van der Waals surface area contributed by atoms with Crippen LogP contribution >= 0.6 is 0 Å². The first kappa shape index (κ1) is 46.9. The fourth-order valence-corrected chi connectivity index (χ4v) is 7.22. The number of carbonyl (C=O) groups excluding carboxylic acids is 2. The average Bonchev–Trinajstić information content (AvgIpc) is 3.74. The summed E-state index contributed by atoms with van der Waals surface area (Å²) in [4.78, 5) is 51.3. The smallest absolute Gasteiger partial charge is 0.404 e. The van der Waals surface area contributed by atoms with Gasteiger partial charge in [0.2, 0.25) is 17.7 Å². The van der Waals surface area contributed by atoms with Crippen molar-refractivity contribution >= 4 is 28.9 Å². The molecule has 3 amide bonds. The van der Waals surface area contributed by atoms with Gasteiger partial charge in [-0.15, -0.1) is 0 Å². The van der Waals surface area contributed by atoms with Crippen LogP contribution in [0.15, 0.2) is 85.3 Å². The molecular weight excluding hydrogens is 813 g/mol. The summed E-state index contributed by atoms with van der Waals surface area (Å²) in [5.41, 5.74) is 1.64. The summed E-state index contributed by atoms with van der Waals surface area (Å²) in [6, 6.07) is 19.3. The minimum absolute atomic E-state index is 0.0385. The molecule has 0 spiro atoms. The van der Waals surface area contributed by atoms with Crippen molar-refractivity contribution in [3.05, 3.63) is 85.3 Å². The van der Waals surface area contributed by atoms with E-state index in [0.29, 0.717) is 96.3 Å². The van der Waals surface area contributed by atoms with Crippen LogP contribution in [-0.4, -0.2) is 171 Å². The van der Waals surface area contributed by atoms with E-state index in [0.717, 1.165) is 68.9 Å². The average molecular weight is 873 g/mol. The molecule has 0 bridgehead atoms. The maximum absolute atomic E-state index is 13.2. The van der Waals surface area contributed by atoms with Crippen molar-refractivity contribution in [2.75, 3.05) is 118 Å². The summed E-state index contributed by atoms with van der Waals surface area (Å²) in [5.74, 6) is 2.61. The molecule has 6 rings (SSSR count). The molecule has 2 aliphatic rings. The third-order valence-corrected chi connectivity index (χ3v) is 10.6. The molecule has 4 heterocycles. The van der Waals surface area contributed by atoms with Crippen molar-refractivity contribution in [1.82, 2.24) is 39.9 Å². The van der Waals surface area contributed by atoms with Crippen LogP contribution in [0.1, 0.15) is 25.3 Å². The Bertz CT molecular complexity index is 2000. The molecule has 0 aliphatic carbocycles. The maximum Gasteiger partial charge on any atom is 0.404 e. The Kier molecular flexibility index (Phi) is 19.4. The summed E-state index contributed by atoms with van der Waals surface area (Å²) in [6.07, 6.45) is 8.08. The number of nitrogens with zero attached hydrogens (tertiary/aromatic N) is 6. The number of aromatic nitrogens is 3. The van der Waals surface area contributed by atoms with Crippen LogP contribution in [0.3, 0.4) is 0 Å². The highest BCUT2D eigenvalue weighted by Gasteiger charge is 2.25. The van der Waals surface area contributed by atoms with Gasteiger partial charge in [-0.1, -0.05) is 24.3 Å². The molecule has 4 aromatic rings. The predicted molar refractivity (Wildman–Crippen MR) is 234 cm³/mol. The zero-order valence-electron chi connectivity index (χ0n) is 35.8. The van der Waals surface area contributed by atoms with E-state index in [1.165, 1.54) is 6.33 Å². The summed E-state index contributed by atoms with van der Waals surface area (Å²) < 4.78 is 36.0. The first-order valence-corrected chi connectivity index (χ1v) is 21.7. The normalized spacial score (nSPS) is 15.2. The minimum Gasteiger partial charge on any atom is -0.465 e. The molecule has 18 nitrogen and oxygen atoms in total. The van der Waals surface area contributed by atoms with Crippen LogP contribution in [-0.2, 0) is 28.5 Å². The number of piperazine rings is 1. The minimum atomic E-state index is -1.07. The molecule has 63 heavy (non-hydrogen) atoms. The van der Waals surface area contributed by atoms with Gasteiger partial charge in [-0.3, -0.25) is 19.4 Å². The number of piperidine rings is 1. The Morgan fingerprint density at radius 2 is 1.30 bits per heavy atom. The molecule has 2 saturated heterocycles. The topological polar surface area (TPSA) is 191 Å². The highest BCUT2D eigenvalue weighted by atomic mass is 16.6. The van der Waals surface area contributed by atoms with E-state index in [9.17, 15) is 14.4 Å². The number of hydrogen-bond donors (Lipinski definition) is 3. The lowest BCUT2D eigenvalue weighted by Crippen LogP contribution is -2.48. The number of likely N-dealkylation sites (tertiary alicyclic amines) is 1. The molecule has 0 atom stereocenters. The number of benzene rings is 2. The van der Waals surface area contributed by atoms with Crippen molar-refractivity contribution in [3.63, 3.8) is 0 Å². The number of nitrogens with one attached hydrogen (secondary N) is 2. The first-order chi connectivity index (χ1) is 30.9. The number of amides is 3. The number of para-hydroxylation sites is 1. The molecule has 3 N–H and O–H groups in total. The van der Waals surface area contributed by atoms with Gasteiger partial charge in [-0.05, 0) is 55.3 Å². The fraction of sp³-hybridized carbons (Fsp3) is 0.489. The van der Waals surface area contributed by atoms with Crippen molar-refractivity contribution < 1.29 is 47.9 Å². The van der Waals surface area contributed by atoms with Gasteiger partial charge >= 0.3 is 6.09 Å². The van der Waals surface area contributed by atoms with Crippen molar-refractivity contribution in [1.29, 1.82) is 0 Å². The maximum atomic E-state index is 13.2. The molecule has 340 valence electrons. The highest BCUT2D eigenvalue weighted by Crippen LogP contribution is 2.34. The largest absolute Gasteiger partial charge is 0.465 e. The van der Waals surface area contributed by atoms with Gasteiger partial charge in [0, 0.05) is 90.2 Å². The summed E-state index contributed by atoms with van der Waals surface area (Å²) in [7, 11) is 0. The van der Waals surface area contributed by atoms with Gasteiger partial charge in [-0.25, -0.2) is 9.78 Å². The molecule has 2 fully saturated rings. The number of rotatable bonds is 26. The fourth-order valence-electron chi connectivity index (χ4n) is 7.22. The van der Waals surface area contributed by atoms with Crippen LogP contribution in [0.5, 0.6) is 23.1 Å². The quantitative estimate of drug-likeness (QED) is 0.0601. The lowest BCUT2D eigenvalue weighted by molar-refractivity contribution is -0.127. The lowest BCUT2D eigenvalue weighted by Gasteiger charge is -2.34. The monoisotopic (exact) mass is 872 g/mol. The summed E-state index contributed by atoms with van der Waals surface area (Å²) in [6.45, 7) is 10.3. The predicted octanol–water partition coefficient (Wildman–Crippen LogP) is 4.19. The van der Waals surface area contributed by atoms with Crippen LogP contribution < -0.4 is 20.1 Å². The molecule has 2 aliphatic heterocycles. The lowest BCUT2D eigenvalue weighted by atomic mass is 10.0. The first-order valence-electron chi connectivity index (χ1n) is 21.7. The highest BCUT2D eigenvalue weighted by molar-refractivity contribution is 5.87. The second-order valence-corrected chi connectivity index (χ2v) is 15.0. The van der Waals surface area contributed by atoms with Crippen LogP contribution in [0, 0.1) is 0 Å². The third kappa shape index (κ3) is 16.2. The molecular formula is C45H60N8O10. The molecule has 2 aromatic heterocycles. The number of fused-ring (bicyclic) bond motifs is 1. The zero-order chi connectivity index (χ0) is 43.9. The Hall–Kier alpha value is -5.63. The molecule has 18 heteroatoms. The van der Waals surface area contributed by atoms with Gasteiger partial charge in [0.25, 0.3) is 0 Å². The van der Waals surface area contributed by atoms with E-state index in [2.05, 4.69) is 35.0 Å². The van der Waals surface area contributed by atoms with E-state index >= 15 is 0 Å². The Labute approximate surface area is 368 Å². The van der Waals surface area contributed by atoms with Crippen LogP contribution in [0.2, 0.25) is 0 Å². The van der Waals surface area contributed by atoms with Gasteiger partial charge < -0.3 is 53.6 Å². The van der Waals surface area contributed by atoms with Crippen molar-refractivity contribution in [2.45, 2.75) is 25.3 Å². The Morgan fingerprint density at radius 3 is 1.98 bits per heavy atom. The van der Waals surface area contributed by atoms with Crippen molar-refractivity contribution in [2.24, 2.45) is 0 Å². The molecule has 0 saturated carbocycles. The van der Waals surface area contributed by atoms with E-state index < -0.39 is 6.09 Å².